The van der Waals surface area contributed by atoms with Gasteiger partial charge in [-0.15, -0.1) is 0 Å². The van der Waals surface area contributed by atoms with Gasteiger partial charge in [0.25, 0.3) is 0 Å². The highest BCUT2D eigenvalue weighted by atomic mass is 28.1. The molecule has 0 aliphatic rings. The number of rotatable bonds is 6. The van der Waals surface area contributed by atoms with Gasteiger partial charge in [-0.3, -0.25) is 0 Å². The van der Waals surface area contributed by atoms with E-state index in [1.54, 1.807) is 0 Å². The highest BCUT2D eigenvalue weighted by molar-refractivity contribution is 6.57. The first-order valence-electron chi connectivity index (χ1n) is 5.41. The van der Waals surface area contributed by atoms with Crippen LogP contribution in [0.5, 0.6) is 0 Å². The van der Waals surface area contributed by atoms with Crippen molar-refractivity contribution in [1.82, 2.24) is 0 Å². The summed E-state index contributed by atoms with van der Waals surface area (Å²) in [6.07, 6.45) is 7.12. The summed E-state index contributed by atoms with van der Waals surface area (Å²) in [5, 5.41) is 0.468. The Balaban J connectivity index is 3.13. The van der Waals surface area contributed by atoms with Gasteiger partial charge in [0.05, 0.1) is 10.2 Å². The minimum atomic E-state index is 0.468. The Kier molecular flexibility index (Phi) is 6.30. The number of unbranched alkanes of at least 4 members (excludes halogenated alkanes) is 3. The first-order chi connectivity index (χ1) is 5.92. The van der Waals surface area contributed by atoms with Crippen LogP contribution in [0, 0.1) is 5.41 Å². The van der Waals surface area contributed by atoms with Crippen molar-refractivity contribution in [2.24, 2.45) is 5.41 Å². The number of hydrogen-bond donors (Lipinski definition) is 0. The average Bonchev–Trinajstić information content (AvgIpc) is 1.93. The van der Waals surface area contributed by atoms with Crippen molar-refractivity contribution < 1.29 is 4.79 Å². The fourth-order valence-corrected chi connectivity index (χ4v) is 1.74. The maximum atomic E-state index is 10.7. The molecular weight excluding hydrogens is 176 g/mol. The molecule has 2 heteroatoms. The van der Waals surface area contributed by atoms with E-state index in [-0.39, 0.29) is 0 Å². The maximum Gasteiger partial charge on any atom is 0.100 e. The normalized spacial score (nSPS) is 11.9. The van der Waals surface area contributed by atoms with Crippen molar-refractivity contribution in [3.63, 3.8) is 0 Å². The summed E-state index contributed by atoms with van der Waals surface area (Å²) in [5.74, 6) is 0. The standard InChI is InChI=1S/C11H24OSi/c1-11(2,3)9-7-5-4-6-8-10(12)13/h4-9H2,1-3,13H3. The first-order valence-corrected chi connectivity index (χ1v) is 6.41. The van der Waals surface area contributed by atoms with Crippen LogP contribution in [0.4, 0.5) is 0 Å². The van der Waals surface area contributed by atoms with Crippen LogP contribution < -0.4 is 0 Å². The van der Waals surface area contributed by atoms with Gasteiger partial charge in [0, 0.05) is 6.42 Å². The van der Waals surface area contributed by atoms with Gasteiger partial charge in [-0.2, -0.15) is 0 Å². The van der Waals surface area contributed by atoms with E-state index in [2.05, 4.69) is 20.8 Å². The Morgan fingerprint density at radius 2 is 1.62 bits per heavy atom. The summed E-state index contributed by atoms with van der Waals surface area (Å²) < 4.78 is 0. The van der Waals surface area contributed by atoms with Crippen LogP contribution in [0.2, 0.25) is 0 Å². The van der Waals surface area contributed by atoms with Crippen LogP contribution in [-0.2, 0) is 4.79 Å². The lowest BCUT2D eigenvalue weighted by Crippen LogP contribution is -2.04. The molecule has 0 saturated heterocycles. The van der Waals surface area contributed by atoms with Crippen LogP contribution in [-0.4, -0.2) is 15.6 Å². The van der Waals surface area contributed by atoms with E-state index >= 15 is 0 Å². The van der Waals surface area contributed by atoms with Crippen molar-refractivity contribution in [3.8, 4) is 0 Å². The summed E-state index contributed by atoms with van der Waals surface area (Å²) >= 11 is 0. The monoisotopic (exact) mass is 200 g/mol. The Hall–Kier alpha value is -0.113. The lowest BCUT2D eigenvalue weighted by molar-refractivity contribution is -0.111. The summed E-state index contributed by atoms with van der Waals surface area (Å²) in [6, 6.07) is 0. The minimum absolute atomic E-state index is 0.468. The lowest BCUT2D eigenvalue weighted by atomic mass is 9.89. The van der Waals surface area contributed by atoms with Gasteiger partial charge in [-0.05, 0) is 18.3 Å². The van der Waals surface area contributed by atoms with Gasteiger partial charge in [-0.25, -0.2) is 0 Å². The number of carbonyl (C=O) groups excluding carboxylic acids is 1. The van der Waals surface area contributed by atoms with E-state index < -0.39 is 0 Å². The quantitative estimate of drug-likeness (QED) is 0.475. The lowest BCUT2D eigenvalue weighted by Gasteiger charge is -2.17. The molecule has 0 aromatic carbocycles. The topological polar surface area (TPSA) is 17.1 Å². The van der Waals surface area contributed by atoms with Crippen molar-refractivity contribution >= 4 is 15.6 Å². The van der Waals surface area contributed by atoms with Crippen LogP contribution in [0.3, 0.4) is 0 Å². The zero-order chi connectivity index (χ0) is 10.3. The SMILES string of the molecule is CC(C)(C)CCCCCCC(=O)[SiH3]. The van der Waals surface area contributed by atoms with Crippen LogP contribution >= 0.6 is 0 Å². The van der Waals surface area contributed by atoms with Gasteiger partial charge in [0.15, 0.2) is 0 Å². The minimum Gasteiger partial charge on any atom is -0.307 e. The van der Waals surface area contributed by atoms with Crippen molar-refractivity contribution in [3.05, 3.63) is 0 Å². The first kappa shape index (κ1) is 12.9. The maximum absolute atomic E-state index is 10.7. The Labute approximate surface area is 85.7 Å². The van der Waals surface area contributed by atoms with E-state index in [0.717, 1.165) is 23.1 Å². The molecule has 0 spiro atoms. The van der Waals surface area contributed by atoms with Gasteiger partial charge >= 0.3 is 0 Å². The fourth-order valence-electron chi connectivity index (χ4n) is 1.38. The molecule has 0 aliphatic heterocycles. The van der Waals surface area contributed by atoms with Gasteiger partial charge in [-0.1, -0.05) is 40.0 Å². The number of carbonyl (C=O) groups is 1. The van der Waals surface area contributed by atoms with E-state index in [9.17, 15) is 4.79 Å². The predicted molar refractivity (Wildman–Crippen MR) is 62.1 cm³/mol. The molecule has 13 heavy (non-hydrogen) atoms. The second-order valence-corrected chi connectivity index (χ2v) is 6.29. The molecule has 0 unspecified atom stereocenters. The molecular formula is C11H24OSi. The van der Waals surface area contributed by atoms with Crippen molar-refractivity contribution in [2.75, 3.05) is 0 Å². The molecule has 0 rings (SSSR count). The van der Waals surface area contributed by atoms with E-state index in [4.69, 9.17) is 0 Å². The largest absolute Gasteiger partial charge is 0.307 e. The molecule has 0 fully saturated rings. The Morgan fingerprint density at radius 3 is 2.08 bits per heavy atom. The highest BCUT2D eigenvalue weighted by Gasteiger charge is 2.08. The van der Waals surface area contributed by atoms with E-state index in [1.165, 1.54) is 25.7 Å². The molecule has 0 bridgehead atoms. The Morgan fingerprint density at radius 1 is 1.08 bits per heavy atom. The summed E-state index contributed by atoms with van der Waals surface area (Å²) in [5.41, 5.74) is 0.480. The van der Waals surface area contributed by atoms with Crippen LogP contribution in [0.15, 0.2) is 0 Å². The molecule has 0 aromatic heterocycles. The number of hydrogen-bond acceptors (Lipinski definition) is 1. The zero-order valence-electron chi connectivity index (χ0n) is 9.65. The highest BCUT2D eigenvalue weighted by Crippen LogP contribution is 2.22. The van der Waals surface area contributed by atoms with E-state index in [1.807, 2.05) is 0 Å². The van der Waals surface area contributed by atoms with Gasteiger partial charge in [0.2, 0.25) is 0 Å². The third-order valence-electron chi connectivity index (χ3n) is 2.21. The smallest absolute Gasteiger partial charge is 0.100 e. The van der Waals surface area contributed by atoms with Crippen LogP contribution in [0.1, 0.15) is 59.3 Å². The zero-order valence-corrected chi connectivity index (χ0v) is 11.7. The Bertz CT molecular complexity index is 147. The van der Waals surface area contributed by atoms with Crippen molar-refractivity contribution in [1.29, 1.82) is 0 Å². The average molecular weight is 200 g/mol. The molecule has 0 radical (unpaired) electrons. The van der Waals surface area contributed by atoms with Crippen LogP contribution in [0.25, 0.3) is 0 Å². The second-order valence-electron chi connectivity index (χ2n) is 5.18. The van der Waals surface area contributed by atoms with Gasteiger partial charge in [0.1, 0.15) is 5.41 Å². The molecule has 0 heterocycles. The van der Waals surface area contributed by atoms with E-state index in [0.29, 0.717) is 10.8 Å². The predicted octanol–water partition coefficient (Wildman–Crippen LogP) is 2.27. The molecule has 0 atom stereocenters. The van der Waals surface area contributed by atoms with Crippen molar-refractivity contribution in [2.45, 2.75) is 59.3 Å². The third-order valence-corrected chi connectivity index (χ3v) is 2.71. The molecule has 0 aliphatic carbocycles. The molecule has 0 saturated carbocycles. The molecule has 78 valence electrons. The van der Waals surface area contributed by atoms with Gasteiger partial charge < -0.3 is 4.79 Å². The summed E-state index contributed by atoms with van der Waals surface area (Å²) in [4.78, 5) is 10.7. The molecule has 1 nitrogen and oxygen atoms in total. The molecule has 0 amide bonds. The summed E-state index contributed by atoms with van der Waals surface area (Å²) in [7, 11) is 0.742. The fraction of sp³-hybridized carbons (Fsp3) is 0.909. The molecule has 0 N–H and O–H groups in total. The summed E-state index contributed by atoms with van der Waals surface area (Å²) in [6.45, 7) is 6.86. The second kappa shape index (κ2) is 6.36. The molecule has 0 aromatic rings. The third kappa shape index (κ3) is 11.9.